The van der Waals surface area contributed by atoms with E-state index in [0.29, 0.717) is 6.42 Å². The van der Waals surface area contributed by atoms with E-state index in [2.05, 4.69) is 17.8 Å². The van der Waals surface area contributed by atoms with Gasteiger partial charge in [-0.05, 0) is 6.42 Å². The van der Waals surface area contributed by atoms with Crippen LogP contribution in [0.15, 0.2) is 0 Å². The molecule has 0 fully saturated rings. The summed E-state index contributed by atoms with van der Waals surface area (Å²) < 4.78 is 0. The third kappa shape index (κ3) is 5.22. The van der Waals surface area contributed by atoms with Crippen molar-refractivity contribution >= 4 is 0 Å². The molecule has 0 bridgehead atoms. The normalized spacial score (nSPS) is 10.9. The van der Waals surface area contributed by atoms with Crippen LogP contribution in [0.2, 0.25) is 0 Å². The molecule has 0 amide bonds. The highest BCUT2D eigenvalue weighted by Gasteiger charge is 1.91. The Morgan fingerprint density at radius 2 is 2.30 bits per heavy atom. The highest BCUT2D eigenvalue weighted by atomic mass is 16.3. The Kier molecular flexibility index (Phi) is 5.63. The highest BCUT2D eigenvalue weighted by molar-refractivity contribution is 5.07. The molecular weight excluding hydrogens is 124 g/mol. The molecular formula is C9H12O. The lowest BCUT2D eigenvalue weighted by atomic mass is 10.2. The Morgan fingerprint density at radius 3 is 2.80 bits per heavy atom. The summed E-state index contributed by atoms with van der Waals surface area (Å²) in [5.41, 5.74) is 0. The second-order valence-electron chi connectivity index (χ2n) is 2.00. The molecule has 1 atom stereocenters. The first kappa shape index (κ1) is 9.08. The number of terminal acetylenes is 1. The summed E-state index contributed by atoms with van der Waals surface area (Å²) in [5, 5.41) is 8.96. The molecule has 1 nitrogen and oxygen atoms in total. The van der Waals surface area contributed by atoms with Crippen molar-refractivity contribution in [1.82, 2.24) is 0 Å². The first-order chi connectivity index (χ1) is 4.81. The number of hydrogen-bond acceptors (Lipinski definition) is 1. The molecule has 0 heterocycles. The number of hydrogen-bond donors (Lipinski definition) is 1. The fraction of sp³-hybridized carbons (Fsp3) is 0.556. The Balaban J connectivity index is 3.49. The molecule has 0 aliphatic heterocycles. The summed E-state index contributed by atoms with van der Waals surface area (Å²) in [7, 11) is 0. The van der Waals surface area contributed by atoms with Gasteiger partial charge in [-0.1, -0.05) is 12.8 Å². The molecule has 1 heteroatoms. The van der Waals surface area contributed by atoms with Gasteiger partial charge in [0.2, 0.25) is 0 Å². The average Bonchev–Trinajstić information content (AvgIpc) is 1.89. The summed E-state index contributed by atoms with van der Waals surface area (Å²) in [6.45, 7) is 2.04. The Morgan fingerprint density at radius 1 is 1.60 bits per heavy atom. The van der Waals surface area contributed by atoms with Crippen LogP contribution in [0, 0.1) is 24.2 Å². The number of rotatable bonds is 2. The number of aliphatic hydroxyl groups excluding tert-OH is 1. The highest BCUT2D eigenvalue weighted by Crippen LogP contribution is 1.87. The van der Waals surface area contributed by atoms with Crippen LogP contribution in [-0.2, 0) is 0 Å². The Labute approximate surface area is 62.5 Å². The van der Waals surface area contributed by atoms with E-state index in [1.54, 1.807) is 0 Å². The second kappa shape index (κ2) is 6.20. The number of unbranched alkanes of at least 4 members (excludes halogenated alkanes) is 1. The van der Waals surface area contributed by atoms with Crippen molar-refractivity contribution in [1.29, 1.82) is 0 Å². The molecule has 0 aromatic heterocycles. The molecule has 0 radical (unpaired) electrons. The predicted molar refractivity (Wildman–Crippen MR) is 42.1 cm³/mol. The smallest absolute Gasteiger partial charge is 0.125 e. The lowest BCUT2D eigenvalue weighted by Crippen LogP contribution is -1.99. The molecule has 0 rings (SSSR count). The first-order valence-electron chi connectivity index (χ1n) is 3.41. The Bertz CT molecular complexity index is 165. The summed E-state index contributed by atoms with van der Waals surface area (Å²) in [4.78, 5) is 0. The van der Waals surface area contributed by atoms with Gasteiger partial charge >= 0.3 is 0 Å². The fourth-order valence-electron chi connectivity index (χ4n) is 0.478. The van der Waals surface area contributed by atoms with Crippen molar-refractivity contribution in [2.24, 2.45) is 0 Å². The summed E-state index contributed by atoms with van der Waals surface area (Å²) in [6.07, 6.45) is 6.52. The number of aliphatic hydroxyl groups is 1. The van der Waals surface area contributed by atoms with Gasteiger partial charge in [0.1, 0.15) is 6.10 Å². The van der Waals surface area contributed by atoms with Gasteiger partial charge < -0.3 is 5.11 Å². The summed E-state index contributed by atoms with van der Waals surface area (Å²) in [6, 6.07) is 0. The average molecular weight is 136 g/mol. The van der Waals surface area contributed by atoms with Crippen LogP contribution in [0.25, 0.3) is 0 Å². The Hall–Kier alpha value is -0.920. The minimum absolute atomic E-state index is 0.330. The van der Waals surface area contributed by atoms with E-state index in [1.165, 1.54) is 0 Å². The van der Waals surface area contributed by atoms with Crippen LogP contribution in [0.5, 0.6) is 0 Å². The van der Waals surface area contributed by atoms with Gasteiger partial charge in [-0.3, -0.25) is 0 Å². The minimum atomic E-state index is -0.628. The molecule has 54 valence electrons. The molecule has 0 saturated heterocycles. The maximum atomic E-state index is 8.96. The SMILES string of the molecule is C#CCC(O)C#CCCC. The third-order valence-electron chi connectivity index (χ3n) is 0.955. The van der Waals surface area contributed by atoms with Crippen LogP contribution in [0.3, 0.4) is 0 Å². The van der Waals surface area contributed by atoms with E-state index in [0.717, 1.165) is 12.8 Å². The standard InChI is InChI=1S/C9H12O/c1-3-5-6-8-9(10)7-4-2/h2,9-10H,3,5,7H2,1H3. The molecule has 0 spiro atoms. The van der Waals surface area contributed by atoms with Crippen LogP contribution in [-0.4, -0.2) is 11.2 Å². The van der Waals surface area contributed by atoms with Gasteiger partial charge in [0, 0.05) is 12.8 Å². The molecule has 1 unspecified atom stereocenters. The zero-order valence-electron chi connectivity index (χ0n) is 6.22. The van der Waals surface area contributed by atoms with Crippen molar-refractivity contribution < 1.29 is 5.11 Å². The first-order valence-corrected chi connectivity index (χ1v) is 3.41. The van der Waals surface area contributed by atoms with Gasteiger partial charge in [0.05, 0.1) is 0 Å². The van der Waals surface area contributed by atoms with Crippen LogP contribution >= 0.6 is 0 Å². The molecule has 10 heavy (non-hydrogen) atoms. The van der Waals surface area contributed by atoms with Crippen molar-refractivity contribution in [3.63, 3.8) is 0 Å². The van der Waals surface area contributed by atoms with Gasteiger partial charge in [-0.15, -0.1) is 18.3 Å². The molecule has 0 saturated carbocycles. The van der Waals surface area contributed by atoms with Gasteiger partial charge in [-0.2, -0.15) is 0 Å². The fourth-order valence-corrected chi connectivity index (χ4v) is 0.478. The minimum Gasteiger partial charge on any atom is -0.379 e. The quantitative estimate of drug-likeness (QED) is 0.565. The lowest BCUT2D eigenvalue weighted by molar-refractivity contribution is 0.239. The zero-order valence-corrected chi connectivity index (χ0v) is 6.22. The largest absolute Gasteiger partial charge is 0.379 e. The van der Waals surface area contributed by atoms with Crippen molar-refractivity contribution in [2.75, 3.05) is 0 Å². The van der Waals surface area contributed by atoms with Gasteiger partial charge in [0.15, 0.2) is 0 Å². The third-order valence-corrected chi connectivity index (χ3v) is 0.955. The van der Waals surface area contributed by atoms with Crippen LogP contribution in [0.4, 0.5) is 0 Å². The predicted octanol–water partition coefficient (Wildman–Crippen LogP) is 1.17. The molecule has 0 aliphatic rings. The van der Waals surface area contributed by atoms with E-state index >= 15 is 0 Å². The van der Waals surface area contributed by atoms with Gasteiger partial charge in [-0.25, -0.2) is 0 Å². The van der Waals surface area contributed by atoms with Gasteiger partial charge in [0.25, 0.3) is 0 Å². The van der Waals surface area contributed by atoms with E-state index in [-0.39, 0.29) is 0 Å². The maximum absolute atomic E-state index is 8.96. The van der Waals surface area contributed by atoms with Crippen LogP contribution < -0.4 is 0 Å². The summed E-state index contributed by atoms with van der Waals surface area (Å²) >= 11 is 0. The van der Waals surface area contributed by atoms with E-state index in [9.17, 15) is 0 Å². The summed E-state index contributed by atoms with van der Waals surface area (Å²) in [5.74, 6) is 7.81. The molecule has 0 aromatic carbocycles. The monoisotopic (exact) mass is 136 g/mol. The van der Waals surface area contributed by atoms with Crippen molar-refractivity contribution in [2.45, 2.75) is 32.3 Å². The molecule has 0 aromatic rings. The van der Waals surface area contributed by atoms with E-state index < -0.39 is 6.10 Å². The molecule has 1 N–H and O–H groups in total. The maximum Gasteiger partial charge on any atom is 0.125 e. The second-order valence-corrected chi connectivity index (χ2v) is 2.00. The van der Waals surface area contributed by atoms with Crippen molar-refractivity contribution in [3.05, 3.63) is 0 Å². The van der Waals surface area contributed by atoms with Crippen molar-refractivity contribution in [3.8, 4) is 24.2 Å². The zero-order chi connectivity index (χ0) is 7.82. The lowest BCUT2D eigenvalue weighted by Gasteiger charge is -1.92. The van der Waals surface area contributed by atoms with E-state index in [4.69, 9.17) is 11.5 Å². The van der Waals surface area contributed by atoms with E-state index in [1.807, 2.05) is 6.92 Å². The van der Waals surface area contributed by atoms with Crippen LogP contribution in [0.1, 0.15) is 26.2 Å². The topological polar surface area (TPSA) is 20.2 Å². The molecule has 0 aliphatic carbocycles.